The minimum atomic E-state index is -0.659. The number of benzene rings is 1. The predicted octanol–water partition coefficient (Wildman–Crippen LogP) is 1.61. The molecular formula is C14H19ClN2O3. The van der Waals surface area contributed by atoms with Gasteiger partial charge in [0.2, 0.25) is 0 Å². The van der Waals surface area contributed by atoms with Crippen LogP contribution in [0, 0.1) is 5.92 Å². The molecule has 0 fully saturated rings. The molecule has 0 saturated carbocycles. The van der Waals surface area contributed by atoms with Crippen molar-refractivity contribution in [2.24, 2.45) is 5.92 Å². The van der Waals surface area contributed by atoms with Crippen LogP contribution >= 0.6 is 11.6 Å². The molecule has 0 aliphatic carbocycles. The number of halogens is 1. The van der Waals surface area contributed by atoms with Gasteiger partial charge in [-0.3, -0.25) is 9.59 Å². The number of para-hydroxylation sites is 1. The smallest absolute Gasteiger partial charge is 0.309 e. The van der Waals surface area contributed by atoms with Crippen molar-refractivity contribution in [2.45, 2.75) is 13.8 Å². The van der Waals surface area contributed by atoms with Crippen LogP contribution in [0.5, 0.6) is 5.75 Å². The lowest BCUT2D eigenvalue weighted by Crippen LogP contribution is -2.42. The van der Waals surface area contributed by atoms with Gasteiger partial charge < -0.3 is 15.4 Å². The summed E-state index contributed by atoms with van der Waals surface area (Å²) in [6.07, 6.45) is 0. The second kappa shape index (κ2) is 8.43. The zero-order chi connectivity index (χ0) is 15.0. The summed E-state index contributed by atoms with van der Waals surface area (Å²) in [6.45, 7) is 4.86. The molecule has 5 nitrogen and oxygen atoms in total. The number of rotatable bonds is 6. The Morgan fingerprint density at radius 1 is 1.20 bits per heavy atom. The van der Waals surface area contributed by atoms with Gasteiger partial charge in [0, 0.05) is 6.54 Å². The zero-order valence-corrected chi connectivity index (χ0v) is 12.4. The fraction of sp³-hybridized carbons (Fsp3) is 0.429. The van der Waals surface area contributed by atoms with Crippen molar-refractivity contribution in [3.63, 3.8) is 0 Å². The van der Waals surface area contributed by atoms with E-state index >= 15 is 0 Å². The highest BCUT2D eigenvalue weighted by Crippen LogP contribution is 2.22. The lowest BCUT2D eigenvalue weighted by Gasteiger charge is -2.09. The van der Waals surface area contributed by atoms with Crippen LogP contribution in [-0.4, -0.2) is 31.5 Å². The third kappa shape index (κ3) is 5.93. The van der Waals surface area contributed by atoms with Gasteiger partial charge in [-0.05, 0) is 18.1 Å². The van der Waals surface area contributed by atoms with Gasteiger partial charge in [-0.25, -0.2) is 0 Å². The molecule has 0 radical (unpaired) electrons. The summed E-state index contributed by atoms with van der Waals surface area (Å²) in [5.41, 5.74) is 0. The second-order valence-corrected chi connectivity index (χ2v) is 5.05. The Labute approximate surface area is 123 Å². The lowest BCUT2D eigenvalue weighted by atomic mass is 10.2. The molecule has 1 rings (SSSR count). The summed E-state index contributed by atoms with van der Waals surface area (Å²) in [5, 5.41) is 5.52. The molecule has 0 heterocycles. The third-order valence-corrected chi connectivity index (χ3v) is 2.67. The summed E-state index contributed by atoms with van der Waals surface area (Å²) in [7, 11) is 0. The molecule has 0 atom stereocenters. The van der Waals surface area contributed by atoms with E-state index in [1.807, 2.05) is 13.8 Å². The van der Waals surface area contributed by atoms with E-state index in [9.17, 15) is 9.59 Å². The van der Waals surface area contributed by atoms with Crippen molar-refractivity contribution in [1.82, 2.24) is 10.6 Å². The minimum absolute atomic E-state index is 0.235. The summed E-state index contributed by atoms with van der Waals surface area (Å²) in [5.74, 6) is -0.437. The van der Waals surface area contributed by atoms with Gasteiger partial charge in [0.25, 0.3) is 0 Å². The van der Waals surface area contributed by atoms with Crippen LogP contribution < -0.4 is 15.4 Å². The first-order valence-corrected chi connectivity index (χ1v) is 6.82. The van der Waals surface area contributed by atoms with Crippen molar-refractivity contribution < 1.29 is 14.3 Å². The summed E-state index contributed by atoms with van der Waals surface area (Å²) in [6, 6.07) is 7.06. The van der Waals surface area contributed by atoms with Gasteiger partial charge in [-0.1, -0.05) is 37.6 Å². The van der Waals surface area contributed by atoms with E-state index in [0.29, 0.717) is 23.2 Å². The minimum Gasteiger partial charge on any atom is -0.490 e. The van der Waals surface area contributed by atoms with E-state index in [1.165, 1.54) is 0 Å². The Balaban J connectivity index is 2.22. The number of ether oxygens (including phenoxy) is 1. The molecule has 0 aromatic heterocycles. The standard InChI is InChI=1S/C14H19ClN2O3/c1-10(2)9-17-14(19)13(18)16-7-8-20-12-6-4-3-5-11(12)15/h3-6,10H,7-9H2,1-2H3,(H,16,18)(H,17,19). The average Bonchev–Trinajstić information content (AvgIpc) is 2.42. The fourth-order valence-corrected chi connectivity index (χ4v) is 1.54. The Hall–Kier alpha value is -1.75. The molecule has 0 aliphatic rings. The highest BCUT2D eigenvalue weighted by Gasteiger charge is 2.12. The summed E-state index contributed by atoms with van der Waals surface area (Å²) in [4.78, 5) is 22.8. The van der Waals surface area contributed by atoms with E-state index in [4.69, 9.17) is 16.3 Å². The largest absolute Gasteiger partial charge is 0.490 e. The predicted molar refractivity (Wildman–Crippen MR) is 77.8 cm³/mol. The molecular weight excluding hydrogens is 280 g/mol. The van der Waals surface area contributed by atoms with Gasteiger partial charge in [-0.15, -0.1) is 0 Å². The van der Waals surface area contributed by atoms with Crippen LogP contribution in [0.2, 0.25) is 5.02 Å². The lowest BCUT2D eigenvalue weighted by molar-refractivity contribution is -0.139. The number of amides is 2. The number of carbonyl (C=O) groups excluding carboxylic acids is 2. The molecule has 1 aromatic rings. The van der Waals surface area contributed by atoms with E-state index in [-0.39, 0.29) is 13.2 Å². The monoisotopic (exact) mass is 298 g/mol. The Morgan fingerprint density at radius 2 is 1.85 bits per heavy atom. The Bertz CT molecular complexity index is 463. The Morgan fingerprint density at radius 3 is 2.50 bits per heavy atom. The topological polar surface area (TPSA) is 67.4 Å². The maximum Gasteiger partial charge on any atom is 0.309 e. The molecule has 1 aromatic carbocycles. The molecule has 0 aliphatic heterocycles. The number of hydrogen-bond donors (Lipinski definition) is 2. The quantitative estimate of drug-likeness (QED) is 0.619. The second-order valence-electron chi connectivity index (χ2n) is 4.64. The maximum atomic E-state index is 11.4. The van der Waals surface area contributed by atoms with Crippen molar-refractivity contribution in [3.8, 4) is 5.75 Å². The van der Waals surface area contributed by atoms with Crippen LogP contribution in [-0.2, 0) is 9.59 Å². The molecule has 6 heteroatoms. The van der Waals surface area contributed by atoms with Crippen LogP contribution in [0.1, 0.15) is 13.8 Å². The number of nitrogens with one attached hydrogen (secondary N) is 2. The van der Waals surface area contributed by atoms with E-state index in [0.717, 1.165) is 0 Å². The highest BCUT2D eigenvalue weighted by molar-refractivity contribution is 6.35. The number of hydrogen-bond acceptors (Lipinski definition) is 3. The van der Waals surface area contributed by atoms with Crippen molar-refractivity contribution >= 4 is 23.4 Å². The van der Waals surface area contributed by atoms with Crippen molar-refractivity contribution in [3.05, 3.63) is 29.3 Å². The molecule has 0 saturated heterocycles. The van der Waals surface area contributed by atoms with Crippen LogP contribution in [0.15, 0.2) is 24.3 Å². The van der Waals surface area contributed by atoms with Crippen LogP contribution in [0.4, 0.5) is 0 Å². The van der Waals surface area contributed by atoms with Gasteiger partial charge in [0.1, 0.15) is 12.4 Å². The van der Waals surface area contributed by atoms with Crippen LogP contribution in [0.3, 0.4) is 0 Å². The Kier molecular flexibility index (Phi) is 6.87. The molecule has 110 valence electrons. The normalized spacial score (nSPS) is 10.2. The SMILES string of the molecule is CC(C)CNC(=O)C(=O)NCCOc1ccccc1Cl. The molecule has 2 amide bonds. The van der Waals surface area contributed by atoms with E-state index < -0.39 is 11.8 Å². The molecule has 20 heavy (non-hydrogen) atoms. The van der Waals surface area contributed by atoms with Crippen molar-refractivity contribution in [2.75, 3.05) is 19.7 Å². The number of carbonyl (C=O) groups is 2. The summed E-state index contributed by atoms with van der Waals surface area (Å²) >= 11 is 5.91. The van der Waals surface area contributed by atoms with Gasteiger partial charge in [0.15, 0.2) is 0 Å². The third-order valence-electron chi connectivity index (χ3n) is 2.36. The van der Waals surface area contributed by atoms with Gasteiger partial charge in [0.05, 0.1) is 11.6 Å². The first-order valence-electron chi connectivity index (χ1n) is 6.44. The zero-order valence-electron chi connectivity index (χ0n) is 11.6. The average molecular weight is 299 g/mol. The first kappa shape index (κ1) is 16.3. The van der Waals surface area contributed by atoms with Gasteiger partial charge in [-0.2, -0.15) is 0 Å². The highest BCUT2D eigenvalue weighted by atomic mass is 35.5. The van der Waals surface area contributed by atoms with E-state index in [1.54, 1.807) is 24.3 Å². The molecule has 2 N–H and O–H groups in total. The summed E-state index contributed by atoms with van der Waals surface area (Å²) < 4.78 is 5.39. The molecule has 0 bridgehead atoms. The van der Waals surface area contributed by atoms with Crippen LogP contribution in [0.25, 0.3) is 0 Å². The van der Waals surface area contributed by atoms with Gasteiger partial charge >= 0.3 is 11.8 Å². The van der Waals surface area contributed by atoms with E-state index in [2.05, 4.69) is 10.6 Å². The first-order chi connectivity index (χ1) is 9.50. The fourth-order valence-electron chi connectivity index (χ4n) is 1.34. The molecule has 0 unspecified atom stereocenters. The maximum absolute atomic E-state index is 11.4. The molecule has 0 spiro atoms. The van der Waals surface area contributed by atoms with Crippen molar-refractivity contribution in [1.29, 1.82) is 0 Å².